The van der Waals surface area contributed by atoms with Crippen LogP contribution in [-0.4, -0.2) is 37.1 Å². The average molecular weight is 370 g/mol. The molecule has 7 heteroatoms. The summed E-state index contributed by atoms with van der Waals surface area (Å²) in [7, 11) is 1.69. The minimum absolute atomic E-state index is 0.0950. The molecule has 1 fully saturated rings. The van der Waals surface area contributed by atoms with Gasteiger partial charge in [-0.3, -0.25) is 9.59 Å². The first-order chi connectivity index (χ1) is 13.0. The van der Waals surface area contributed by atoms with Gasteiger partial charge in [0.1, 0.15) is 5.82 Å². The van der Waals surface area contributed by atoms with Gasteiger partial charge in [-0.15, -0.1) is 0 Å². The third-order valence-corrected chi connectivity index (χ3v) is 4.85. The van der Waals surface area contributed by atoms with E-state index in [1.165, 1.54) is 12.1 Å². The first-order valence-electron chi connectivity index (χ1n) is 8.70. The number of halogens is 1. The van der Waals surface area contributed by atoms with E-state index in [2.05, 4.69) is 0 Å². The number of ether oxygens (including phenoxy) is 2. The minimum atomic E-state index is -0.409. The molecule has 0 unspecified atom stereocenters. The molecule has 2 aliphatic rings. The van der Waals surface area contributed by atoms with Crippen molar-refractivity contribution in [2.75, 3.05) is 25.3 Å². The van der Waals surface area contributed by atoms with Gasteiger partial charge in [0.15, 0.2) is 11.5 Å². The van der Waals surface area contributed by atoms with E-state index in [1.54, 1.807) is 47.2 Å². The Hall–Kier alpha value is -3.09. The van der Waals surface area contributed by atoms with Crippen LogP contribution in [0.4, 0.5) is 10.1 Å². The quantitative estimate of drug-likeness (QED) is 0.830. The summed E-state index contributed by atoms with van der Waals surface area (Å²) >= 11 is 0. The lowest BCUT2D eigenvalue weighted by molar-refractivity contribution is -0.135. The van der Waals surface area contributed by atoms with Crippen molar-refractivity contribution < 1.29 is 23.5 Å². The molecule has 0 aliphatic carbocycles. The Labute approximate surface area is 156 Å². The smallest absolute Gasteiger partial charge is 0.231 e. The van der Waals surface area contributed by atoms with E-state index in [0.29, 0.717) is 30.3 Å². The van der Waals surface area contributed by atoms with Crippen LogP contribution in [0.5, 0.6) is 11.5 Å². The number of hydrogen-bond acceptors (Lipinski definition) is 4. The highest BCUT2D eigenvalue weighted by molar-refractivity contribution is 6.00. The highest BCUT2D eigenvalue weighted by Gasteiger charge is 2.37. The second kappa shape index (κ2) is 6.90. The molecular formula is C20H19FN2O4. The lowest BCUT2D eigenvalue weighted by atomic mass is 10.1. The van der Waals surface area contributed by atoms with Crippen molar-refractivity contribution in [2.24, 2.45) is 5.92 Å². The summed E-state index contributed by atoms with van der Waals surface area (Å²) in [6.07, 6.45) is 0.168. The van der Waals surface area contributed by atoms with Crippen LogP contribution in [0.15, 0.2) is 42.5 Å². The molecule has 0 saturated carbocycles. The van der Waals surface area contributed by atoms with E-state index in [4.69, 9.17) is 9.47 Å². The second-order valence-electron chi connectivity index (χ2n) is 6.76. The number of carbonyl (C=O) groups is 2. The molecule has 6 nitrogen and oxygen atoms in total. The van der Waals surface area contributed by atoms with Crippen molar-refractivity contribution in [3.05, 3.63) is 53.8 Å². The SMILES string of the molecule is CN(Cc1ccc(F)cc1)C(=O)[C@H]1CC(=O)N(c2ccc3c(c2)OCO3)C1. The Morgan fingerprint density at radius 3 is 2.70 bits per heavy atom. The molecule has 2 amide bonds. The topological polar surface area (TPSA) is 59.1 Å². The molecular weight excluding hydrogens is 351 g/mol. The Balaban J connectivity index is 1.43. The number of anilines is 1. The van der Waals surface area contributed by atoms with Crippen molar-refractivity contribution in [1.82, 2.24) is 4.90 Å². The third kappa shape index (κ3) is 3.45. The minimum Gasteiger partial charge on any atom is -0.454 e. The number of carbonyl (C=O) groups excluding carboxylic acids is 2. The second-order valence-corrected chi connectivity index (χ2v) is 6.76. The summed E-state index contributed by atoms with van der Waals surface area (Å²) < 4.78 is 23.7. The lowest BCUT2D eigenvalue weighted by Gasteiger charge is -2.21. The summed E-state index contributed by atoms with van der Waals surface area (Å²) in [5.74, 6) is 0.334. The zero-order valence-electron chi connectivity index (χ0n) is 14.9. The van der Waals surface area contributed by atoms with Gasteiger partial charge in [0.25, 0.3) is 0 Å². The zero-order valence-corrected chi connectivity index (χ0v) is 14.9. The van der Waals surface area contributed by atoms with Crippen molar-refractivity contribution in [2.45, 2.75) is 13.0 Å². The molecule has 0 spiro atoms. The van der Waals surface area contributed by atoms with Gasteiger partial charge in [0.2, 0.25) is 18.6 Å². The maximum absolute atomic E-state index is 13.0. The average Bonchev–Trinajstić information content (AvgIpc) is 3.28. The Morgan fingerprint density at radius 2 is 1.93 bits per heavy atom. The maximum Gasteiger partial charge on any atom is 0.231 e. The van der Waals surface area contributed by atoms with Gasteiger partial charge in [-0.05, 0) is 29.8 Å². The Kier molecular flexibility index (Phi) is 4.43. The fourth-order valence-corrected chi connectivity index (χ4v) is 3.43. The number of hydrogen-bond donors (Lipinski definition) is 0. The van der Waals surface area contributed by atoms with Crippen LogP contribution >= 0.6 is 0 Å². The zero-order chi connectivity index (χ0) is 19.0. The van der Waals surface area contributed by atoms with Gasteiger partial charge in [-0.25, -0.2) is 4.39 Å². The molecule has 1 saturated heterocycles. The summed E-state index contributed by atoms with van der Waals surface area (Å²) in [4.78, 5) is 28.4. The first kappa shape index (κ1) is 17.3. The molecule has 2 aromatic carbocycles. The molecule has 140 valence electrons. The van der Waals surface area contributed by atoms with Gasteiger partial charge in [-0.1, -0.05) is 12.1 Å². The summed E-state index contributed by atoms with van der Waals surface area (Å²) in [5, 5.41) is 0. The normalized spacial score (nSPS) is 18.1. The maximum atomic E-state index is 13.0. The van der Waals surface area contributed by atoms with Crippen molar-refractivity contribution in [3.63, 3.8) is 0 Å². The largest absolute Gasteiger partial charge is 0.454 e. The van der Waals surface area contributed by atoms with Crippen LogP contribution in [0.2, 0.25) is 0 Å². The first-order valence-corrected chi connectivity index (χ1v) is 8.70. The van der Waals surface area contributed by atoms with E-state index >= 15 is 0 Å². The van der Waals surface area contributed by atoms with Gasteiger partial charge in [0, 0.05) is 38.3 Å². The molecule has 27 heavy (non-hydrogen) atoms. The summed E-state index contributed by atoms with van der Waals surface area (Å²) in [6, 6.07) is 11.4. The molecule has 2 heterocycles. The van der Waals surface area contributed by atoms with E-state index in [0.717, 1.165) is 5.56 Å². The van der Waals surface area contributed by atoms with E-state index in [-0.39, 0.29) is 30.8 Å². The fraction of sp³-hybridized carbons (Fsp3) is 0.300. The Morgan fingerprint density at radius 1 is 1.19 bits per heavy atom. The number of nitrogens with zero attached hydrogens (tertiary/aromatic N) is 2. The highest BCUT2D eigenvalue weighted by atomic mass is 19.1. The molecule has 2 aromatic rings. The number of rotatable bonds is 4. The van der Waals surface area contributed by atoms with Crippen molar-refractivity contribution in [1.29, 1.82) is 0 Å². The van der Waals surface area contributed by atoms with Crippen molar-refractivity contribution in [3.8, 4) is 11.5 Å². The van der Waals surface area contributed by atoms with E-state index in [9.17, 15) is 14.0 Å². The molecule has 2 aliphatic heterocycles. The van der Waals surface area contributed by atoms with Crippen LogP contribution < -0.4 is 14.4 Å². The van der Waals surface area contributed by atoms with E-state index < -0.39 is 5.92 Å². The standard InChI is InChI=1S/C20H19FN2O4/c1-22(10-13-2-4-15(21)5-3-13)20(25)14-8-19(24)23(11-14)16-6-7-17-18(9-16)27-12-26-17/h2-7,9,14H,8,10-12H2,1H3/t14-/m0/s1. The molecule has 1 atom stereocenters. The highest BCUT2D eigenvalue weighted by Crippen LogP contribution is 2.37. The molecule has 0 bridgehead atoms. The summed E-state index contributed by atoms with van der Waals surface area (Å²) in [6.45, 7) is 0.862. The predicted molar refractivity (Wildman–Crippen MR) is 95.9 cm³/mol. The van der Waals surface area contributed by atoms with E-state index in [1.807, 2.05) is 0 Å². The third-order valence-electron chi connectivity index (χ3n) is 4.85. The van der Waals surface area contributed by atoms with Gasteiger partial charge < -0.3 is 19.3 Å². The molecule has 0 radical (unpaired) electrons. The Bertz CT molecular complexity index is 884. The van der Waals surface area contributed by atoms with Gasteiger partial charge in [-0.2, -0.15) is 0 Å². The van der Waals surface area contributed by atoms with Gasteiger partial charge >= 0.3 is 0 Å². The monoisotopic (exact) mass is 370 g/mol. The van der Waals surface area contributed by atoms with Crippen LogP contribution in [0, 0.1) is 11.7 Å². The fourth-order valence-electron chi connectivity index (χ4n) is 3.43. The van der Waals surface area contributed by atoms with Crippen LogP contribution in [0.25, 0.3) is 0 Å². The van der Waals surface area contributed by atoms with Gasteiger partial charge in [0.05, 0.1) is 5.92 Å². The van der Waals surface area contributed by atoms with Crippen molar-refractivity contribution >= 4 is 17.5 Å². The number of benzene rings is 2. The molecule has 4 rings (SSSR count). The van der Waals surface area contributed by atoms with Crippen LogP contribution in [0.1, 0.15) is 12.0 Å². The summed E-state index contributed by atoms with van der Waals surface area (Å²) in [5.41, 5.74) is 1.53. The van der Waals surface area contributed by atoms with Crippen LogP contribution in [0.3, 0.4) is 0 Å². The number of amides is 2. The van der Waals surface area contributed by atoms with Crippen LogP contribution in [-0.2, 0) is 16.1 Å². The lowest BCUT2D eigenvalue weighted by Crippen LogP contribution is -2.34. The predicted octanol–water partition coefficient (Wildman–Crippen LogP) is 2.57. The molecule has 0 aromatic heterocycles. The molecule has 0 N–H and O–H groups in total. The number of fused-ring (bicyclic) bond motifs is 1.